The number of pyridine rings is 2. The average molecular weight is 350 g/mol. The topological polar surface area (TPSA) is 30.7 Å². The Morgan fingerprint density at radius 3 is 2.31 bits per heavy atom. The summed E-state index contributed by atoms with van der Waals surface area (Å²) in [7, 11) is 0. The van der Waals surface area contributed by atoms with Gasteiger partial charge in [-0.2, -0.15) is 0 Å². The van der Waals surface area contributed by atoms with E-state index in [0.717, 1.165) is 35.4 Å². The molecule has 3 aromatic heterocycles. The monoisotopic (exact) mass is 349 g/mol. The predicted octanol–water partition coefficient (Wildman–Crippen LogP) is 6.24. The first kappa shape index (κ1) is 18.6. The van der Waals surface area contributed by atoms with Crippen LogP contribution in [0.1, 0.15) is 76.0 Å². The van der Waals surface area contributed by atoms with Gasteiger partial charge in [0, 0.05) is 29.2 Å². The number of rotatable bonds is 5. The number of aromatic nitrogens is 3. The van der Waals surface area contributed by atoms with Crippen LogP contribution in [0.25, 0.3) is 22.3 Å². The number of hydrogen-bond acceptors (Lipinski definition) is 2. The van der Waals surface area contributed by atoms with Crippen LogP contribution in [0.4, 0.5) is 0 Å². The molecule has 3 rings (SSSR count). The molecule has 0 atom stereocenters. The smallest absolute Gasteiger partial charge is 0.0917 e. The number of aryl methyl sites for hydroxylation is 3. The van der Waals surface area contributed by atoms with Gasteiger partial charge in [0.1, 0.15) is 0 Å². The standard InChI is InChI=1S/C23H31N3/c1-8-17-12-21-22(16(7)13-26(21)15(5)6)25-23(17)18-10-11-20(14(3)4)24-19(18)9-2/h10-15H,8-9H2,1-7H3. The third-order valence-corrected chi connectivity index (χ3v) is 5.18. The predicted molar refractivity (Wildman–Crippen MR) is 111 cm³/mol. The first-order valence-electron chi connectivity index (χ1n) is 9.88. The summed E-state index contributed by atoms with van der Waals surface area (Å²) in [6.07, 6.45) is 4.12. The van der Waals surface area contributed by atoms with Crippen molar-refractivity contribution in [2.75, 3.05) is 0 Å². The van der Waals surface area contributed by atoms with Crippen molar-refractivity contribution in [1.82, 2.24) is 14.5 Å². The fourth-order valence-electron chi connectivity index (χ4n) is 3.62. The summed E-state index contributed by atoms with van der Waals surface area (Å²) in [4.78, 5) is 10.1. The molecule has 0 aliphatic heterocycles. The molecule has 3 heteroatoms. The van der Waals surface area contributed by atoms with Crippen molar-refractivity contribution in [2.24, 2.45) is 0 Å². The van der Waals surface area contributed by atoms with Gasteiger partial charge in [-0.05, 0) is 68.9 Å². The zero-order valence-electron chi connectivity index (χ0n) is 17.2. The molecule has 0 fully saturated rings. The van der Waals surface area contributed by atoms with Crippen molar-refractivity contribution in [3.05, 3.63) is 46.9 Å². The van der Waals surface area contributed by atoms with E-state index in [2.05, 4.69) is 77.4 Å². The van der Waals surface area contributed by atoms with E-state index < -0.39 is 0 Å². The normalized spacial score (nSPS) is 11.9. The minimum atomic E-state index is 0.432. The first-order chi connectivity index (χ1) is 12.4. The first-order valence-corrected chi connectivity index (χ1v) is 9.88. The molecule has 0 spiro atoms. The molecule has 0 aromatic carbocycles. The van der Waals surface area contributed by atoms with Crippen LogP contribution >= 0.6 is 0 Å². The van der Waals surface area contributed by atoms with Crippen LogP contribution in [0.2, 0.25) is 0 Å². The van der Waals surface area contributed by atoms with Gasteiger partial charge in [-0.1, -0.05) is 27.7 Å². The zero-order valence-corrected chi connectivity index (χ0v) is 17.2. The van der Waals surface area contributed by atoms with Gasteiger partial charge in [0.2, 0.25) is 0 Å². The maximum Gasteiger partial charge on any atom is 0.0917 e. The number of hydrogen-bond donors (Lipinski definition) is 0. The molecule has 138 valence electrons. The van der Waals surface area contributed by atoms with E-state index in [0.29, 0.717) is 12.0 Å². The van der Waals surface area contributed by atoms with Crippen molar-refractivity contribution < 1.29 is 0 Å². The van der Waals surface area contributed by atoms with E-state index in [1.165, 1.54) is 22.2 Å². The molecule has 0 bridgehead atoms. The third-order valence-electron chi connectivity index (χ3n) is 5.18. The lowest BCUT2D eigenvalue weighted by molar-refractivity contribution is 0.621. The van der Waals surface area contributed by atoms with Gasteiger partial charge in [0.25, 0.3) is 0 Å². The Hall–Kier alpha value is -2.16. The summed E-state index contributed by atoms with van der Waals surface area (Å²) >= 11 is 0. The highest BCUT2D eigenvalue weighted by Gasteiger charge is 2.17. The lowest BCUT2D eigenvalue weighted by Crippen LogP contribution is -2.03. The van der Waals surface area contributed by atoms with Gasteiger partial charge >= 0.3 is 0 Å². The minimum Gasteiger partial charge on any atom is -0.343 e. The summed E-state index contributed by atoms with van der Waals surface area (Å²) in [6.45, 7) is 15.4. The summed E-state index contributed by atoms with van der Waals surface area (Å²) in [5.74, 6) is 0.442. The van der Waals surface area contributed by atoms with Crippen molar-refractivity contribution in [3.8, 4) is 11.3 Å². The third kappa shape index (κ3) is 3.15. The molecule has 0 aliphatic rings. The zero-order chi connectivity index (χ0) is 19.0. The van der Waals surface area contributed by atoms with Crippen LogP contribution in [0, 0.1) is 6.92 Å². The van der Waals surface area contributed by atoms with Crippen molar-refractivity contribution in [1.29, 1.82) is 0 Å². The van der Waals surface area contributed by atoms with E-state index in [9.17, 15) is 0 Å². The molecule has 3 nitrogen and oxygen atoms in total. The van der Waals surface area contributed by atoms with Gasteiger partial charge in [0.05, 0.1) is 16.7 Å². The van der Waals surface area contributed by atoms with Crippen LogP contribution in [0.15, 0.2) is 24.4 Å². The van der Waals surface area contributed by atoms with Crippen molar-refractivity contribution in [2.45, 2.75) is 73.3 Å². The largest absolute Gasteiger partial charge is 0.343 e. The highest BCUT2D eigenvalue weighted by Crippen LogP contribution is 2.32. The number of nitrogens with zero attached hydrogens (tertiary/aromatic N) is 3. The Morgan fingerprint density at radius 1 is 1.00 bits per heavy atom. The summed E-state index contributed by atoms with van der Waals surface area (Å²) in [6, 6.07) is 7.15. The van der Waals surface area contributed by atoms with E-state index in [1.807, 2.05) is 0 Å². The second-order valence-electron chi connectivity index (χ2n) is 7.77. The summed E-state index contributed by atoms with van der Waals surface area (Å²) in [5, 5.41) is 0. The fourth-order valence-corrected chi connectivity index (χ4v) is 3.62. The van der Waals surface area contributed by atoms with Gasteiger partial charge in [-0.15, -0.1) is 0 Å². The van der Waals surface area contributed by atoms with Crippen molar-refractivity contribution >= 4 is 11.0 Å². The molecule has 3 aromatic rings. The van der Waals surface area contributed by atoms with Crippen LogP contribution in [-0.2, 0) is 12.8 Å². The van der Waals surface area contributed by atoms with Gasteiger partial charge in [-0.3, -0.25) is 4.98 Å². The van der Waals surface area contributed by atoms with E-state index in [-0.39, 0.29) is 0 Å². The molecule has 0 amide bonds. The Morgan fingerprint density at radius 2 is 1.73 bits per heavy atom. The molecular formula is C23H31N3. The second kappa shape index (κ2) is 7.22. The molecule has 26 heavy (non-hydrogen) atoms. The molecule has 0 N–H and O–H groups in total. The fraction of sp³-hybridized carbons (Fsp3) is 0.478. The Bertz CT molecular complexity index is 932. The Kier molecular flexibility index (Phi) is 5.17. The molecular weight excluding hydrogens is 318 g/mol. The summed E-state index contributed by atoms with van der Waals surface area (Å²) in [5.41, 5.74) is 9.49. The highest BCUT2D eigenvalue weighted by atomic mass is 15.0. The van der Waals surface area contributed by atoms with E-state index in [4.69, 9.17) is 9.97 Å². The summed E-state index contributed by atoms with van der Waals surface area (Å²) < 4.78 is 2.33. The van der Waals surface area contributed by atoms with Crippen LogP contribution in [0.5, 0.6) is 0 Å². The lowest BCUT2D eigenvalue weighted by Gasteiger charge is -2.15. The lowest BCUT2D eigenvalue weighted by atomic mass is 9.98. The maximum absolute atomic E-state index is 5.14. The quantitative estimate of drug-likeness (QED) is 0.546. The molecule has 0 saturated carbocycles. The van der Waals surface area contributed by atoms with Crippen LogP contribution in [-0.4, -0.2) is 14.5 Å². The van der Waals surface area contributed by atoms with E-state index in [1.54, 1.807) is 0 Å². The van der Waals surface area contributed by atoms with E-state index >= 15 is 0 Å². The van der Waals surface area contributed by atoms with Gasteiger partial charge in [0.15, 0.2) is 0 Å². The SMILES string of the molecule is CCc1cc2c(nc1-c1ccc(C(C)C)nc1CC)c(C)cn2C(C)C. The average Bonchev–Trinajstić information content (AvgIpc) is 2.96. The molecule has 0 radical (unpaired) electrons. The van der Waals surface area contributed by atoms with Gasteiger partial charge < -0.3 is 4.57 Å². The minimum absolute atomic E-state index is 0.432. The maximum atomic E-state index is 5.14. The molecule has 0 aliphatic carbocycles. The molecule has 0 unspecified atom stereocenters. The van der Waals surface area contributed by atoms with Crippen LogP contribution in [0.3, 0.4) is 0 Å². The van der Waals surface area contributed by atoms with Crippen LogP contribution < -0.4 is 0 Å². The second-order valence-corrected chi connectivity index (χ2v) is 7.77. The molecule has 3 heterocycles. The Labute approximate surface area is 157 Å². The highest BCUT2D eigenvalue weighted by molar-refractivity contribution is 5.84. The molecule has 0 saturated heterocycles. The Balaban J connectivity index is 2.26. The number of fused-ring (bicyclic) bond motifs is 1. The van der Waals surface area contributed by atoms with Crippen molar-refractivity contribution in [3.63, 3.8) is 0 Å². The van der Waals surface area contributed by atoms with Gasteiger partial charge in [-0.25, -0.2) is 4.98 Å².